The van der Waals surface area contributed by atoms with Gasteiger partial charge in [-0.1, -0.05) is 6.92 Å². The molecule has 2 atom stereocenters. The normalized spacial score (nSPS) is 35.6. The lowest BCUT2D eigenvalue weighted by molar-refractivity contribution is -0.117. The Kier molecular flexibility index (Phi) is 4.76. The van der Waals surface area contributed by atoms with Crippen LogP contribution in [0.1, 0.15) is 26.2 Å². The van der Waals surface area contributed by atoms with Crippen molar-refractivity contribution in [3.63, 3.8) is 0 Å². The van der Waals surface area contributed by atoms with Gasteiger partial charge in [0.2, 0.25) is 0 Å². The van der Waals surface area contributed by atoms with Crippen LogP contribution < -0.4 is 0 Å². The van der Waals surface area contributed by atoms with E-state index in [1.165, 1.54) is 6.42 Å². The maximum atomic E-state index is 11.4. The average Bonchev–Trinajstić information content (AvgIpc) is 2.76. The Hall–Kier alpha value is -0.450. The average molecular weight is 254 g/mol. The summed E-state index contributed by atoms with van der Waals surface area (Å²) in [7, 11) is 2.19. The van der Waals surface area contributed by atoms with Crippen molar-refractivity contribution in [1.82, 2.24) is 9.80 Å². The first-order valence-corrected chi connectivity index (χ1v) is 7.16. The quantitative estimate of drug-likeness (QED) is 0.701. The van der Waals surface area contributed by atoms with E-state index < -0.39 is 0 Å². The molecule has 0 aromatic rings. The molecular formula is C14H26N2O2. The van der Waals surface area contributed by atoms with Gasteiger partial charge in [0, 0.05) is 25.7 Å². The minimum atomic E-state index is -0.240. The van der Waals surface area contributed by atoms with Gasteiger partial charge in [-0.2, -0.15) is 0 Å². The van der Waals surface area contributed by atoms with Gasteiger partial charge in [0.05, 0.1) is 12.0 Å². The Balaban J connectivity index is 2.02. The minimum Gasteiger partial charge on any atom is -0.380 e. The van der Waals surface area contributed by atoms with E-state index in [0.29, 0.717) is 12.6 Å². The molecule has 0 amide bonds. The summed E-state index contributed by atoms with van der Waals surface area (Å²) in [5.41, 5.74) is -0.240. The molecule has 0 bridgehead atoms. The van der Waals surface area contributed by atoms with E-state index >= 15 is 0 Å². The number of rotatable bonds is 4. The van der Waals surface area contributed by atoms with Gasteiger partial charge in [-0.3, -0.25) is 4.90 Å². The van der Waals surface area contributed by atoms with Crippen molar-refractivity contribution in [2.24, 2.45) is 5.41 Å². The molecule has 104 valence electrons. The molecule has 2 rings (SSSR count). The van der Waals surface area contributed by atoms with Crippen molar-refractivity contribution < 1.29 is 9.53 Å². The van der Waals surface area contributed by atoms with E-state index in [1.807, 2.05) is 0 Å². The second-order valence-electron chi connectivity index (χ2n) is 5.93. The number of ether oxygens (including phenoxy) is 1. The Morgan fingerprint density at radius 2 is 2.28 bits per heavy atom. The van der Waals surface area contributed by atoms with Crippen LogP contribution in [0.2, 0.25) is 0 Å². The summed E-state index contributed by atoms with van der Waals surface area (Å²) in [6, 6.07) is 0.579. The summed E-state index contributed by atoms with van der Waals surface area (Å²) in [5, 5.41) is 0. The molecule has 2 heterocycles. The summed E-state index contributed by atoms with van der Waals surface area (Å²) in [6.07, 6.45) is 4.38. The second-order valence-corrected chi connectivity index (χ2v) is 5.93. The molecule has 0 aromatic heterocycles. The van der Waals surface area contributed by atoms with E-state index in [0.717, 1.165) is 51.9 Å². The zero-order valence-electron chi connectivity index (χ0n) is 11.7. The second kappa shape index (κ2) is 6.13. The molecule has 0 aliphatic carbocycles. The molecular weight excluding hydrogens is 228 g/mol. The first kappa shape index (κ1) is 14.0. The van der Waals surface area contributed by atoms with E-state index in [4.69, 9.17) is 4.74 Å². The van der Waals surface area contributed by atoms with Gasteiger partial charge >= 0.3 is 0 Å². The summed E-state index contributed by atoms with van der Waals surface area (Å²) < 4.78 is 5.45. The molecule has 2 saturated heterocycles. The highest BCUT2D eigenvalue weighted by atomic mass is 16.5. The van der Waals surface area contributed by atoms with E-state index in [-0.39, 0.29) is 5.41 Å². The van der Waals surface area contributed by atoms with Gasteiger partial charge < -0.3 is 14.4 Å². The molecule has 2 unspecified atom stereocenters. The van der Waals surface area contributed by atoms with Crippen LogP contribution in [-0.2, 0) is 9.53 Å². The highest BCUT2D eigenvalue weighted by Crippen LogP contribution is 2.29. The smallest absolute Gasteiger partial charge is 0.129 e. The van der Waals surface area contributed by atoms with Gasteiger partial charge in [0.15, 0.2) is 0 Å². The zero-order valence-corrected chi connectivity index (χ0v) is 11.7. The lowest BCUT2D eigenvalue weighted by atomic mass is 9.88. The van der Waals surface area contributed by atoms with E-state index in [2.05, 4.69) is 23.8 Å². The highest BCUT2D eigenvalue weighted by Gasteiger charge is 2.38. The number of likely N-dealkylation sites (N-methyl/N-ethyl adjacent to an activating group) is 1. The number of nitrogens with zero attached hydrogens (tertiary/aromatic N) is 2. The SMILES string of the molecule is CCC1CN(C)CCCN1CC1(C=O)CCOC1. The maximum Gasteiger partial charge on any atom is 0.129 e. The molecule has 0 radical (unpaired) electrons. The topological polar surface area (TPSA) is 32.8 Å². The molecule has 0 aromatic carbocycles. The fourth-order valence-corrected chi connectivity index (χ4v) is 3.17. The van der Waals surface area contributed by atoms with E-state index in [9.17, 15) is 4.79 Å². The highest BCUT2D eigenvalue weighted by molar-refractivity contribution is 5.60. The lowest BCUT2D eigenvalue weighted by Gasteiger charge is -2.35. The number of carbonyl (C=O) groups excluding carboxylic acids is 1. The molecule has 0 N–H and O–H groups in total. The van der Waals surface area contributed by atoms with Gasteiger partial charge in [-0.05, 0) is 39.4 Å². The molecule has 0 spiro atoms. The monoisotopic (exact) mass is 254 g/mol. The summed E-state index contributed by atoms with van der Waals surface area (Å²) in [6.45, 7) is 7.86. The number of aldehydes is 1. The summed E-state index contributed by atoms with van der Waals surface area (Å²) in [5.74, 6) is 0. The Labute approximate surface area is 110 Å². The minimum absolute atomic E-state index is 0.240. The van der Waals surface area contributed by atoms with Crippen molar-refractivity contribution in [3.05, 3.63) is 0 Å². The van der Waals surface area contributed by atoms with Gasteiger partial charge in [0.25, 0.3) is 0 Å². The number of carbonyl (C=O) groups is 1. The first-order valence-electron chi connectivity index (χ1n) is 7.16. The van der Waals surface area contributed by atoms with Gasteiger partial charge in [0.1, 0.15) is 6.29 Å². The maximum absolute atomic E-state index is 11.4. The largest absolute Gasteiger partial charge is 0.380 e. The van der Waals surface area contributed by atoms with Crippen LogP contribution in [0.15, 0.2) is 0 Å². The molecule has 2 fully saturated rings. The zero-order chi connectivity index (χ0) is 13.0. The third kappa shape index (κ3) is 3.11. The molecule has 0 saturated carbocycles. The molecule has 2 aliphatic rings. The lowest BCUT2D eigenvalue weighted by Crippen LogP contribution is -2.46. The number of hydrogen-bond acceptors (Lipinski definition) is 4. The van der Waals surface area contributed by atoms with Crippen molar-refractivity contribution in [2.45, 2.75) is 32.2 Å². The van der Waals surface area contributed by atoms with Crippen molar-refractivity contribution in [3.8, 4) is 0 Å². The molecule has 2 aliphatic heterocycles. The summed E-state index contributed by atoms with van der Waals surface area (Å²) in [4.78, 5) is 16.4. The van der Waals surface area contributed by atoms with Crippen LogP contribution in [0.3, 0.4) is 0 Å². The van der Waals surface area contributed by atoms with Crippen molar-refractivity contribution >= 4 is 6.29 Å². The molecule has 4 nitrogen and oxygen atoms in total. The first-order chi connectivity index (χ1) is 8.69. The van der Waals surface area contributed by atoms with E-state index in [1.54, 1.807) is 0 Å². The van der Waals surface area contributed by atoms with Crippen LogP contribution in [-0.4, -0.2) is 68.6 Å². The van der Waals surface area contributed by atoms with Crippen LogP contribution in [0.5, 0.6) is 0 Å². The van der Waals surface area contributed by atoms with Crippen LogP contribution in [0, 0.1) is 5.41 Å². The predicted molar refractivity (Wildman–Crippen MR) is 71.7 cm³/mol. The van der Waals surface area contributed by atoms with Gasteiger partial charge in [-0.25, -0.2) is 0 Å². The van der Waals surface area contributed by atoms with Gasteiger partial charge in [-0.15, -0.1) is 0 Å². The van der Waals surface area contributed by atoms with Crippen LogP contribution in [0.4, 0.5) is 0 Å². The third-order valence-electron chi connectivity index (χ3n) is 4.40. The Bertz CT molecular complexity index is 277. The van der Waals surface area contributed by atoms with Crippen LogP contribution >= 0.6 is 0 Å². The van der Waals surface area contributed by atoms with Crippen molar-refractivity contribution in [2.75, 3.05) is 46.4 Å². The Morgan fingerprint density at radius 3 is 2.89 bits per heavy atom. The standard InChI is InChI=1S/C14H26N2O2/c1-3-13-9-15(2)6-4-7-16(13)10-14(11-17)5-8-18-12-14/h11,13H,3-10,12H2,1-2H3. The molecule has 4 heteroatoms. The van der Waals surface area contributed by atoms with Crippen LogP contribution in [0.25, 0.3) is 0 Å². The fraction of sp³-hybridized carbons (Fsp3) is 0.929. The fourth-order valence-electron chi connectivity index (χ4n) is 3.17. The summed E-state index contributed by atoms with van der Waals surface area (Å²) >= 11 is 0. The predicted octanol–water partition coefficient (Wildman–Crippen LogP) is 1.01. The Morgan fingerprint density at radius 1 is 1.44 bits per heavy atom. The third-order valence-corrected chi connectivity index (χ3v) is 4.40. The van der Waals surface area contributed by atoms with Crippen molar-refractivity contribution in [1.29, 1.82) is 0 Å². The molecule has 18 heavy (non-hydrogen) atoms. The number of hydrogen-bond donors (Lipinski definition) is 0.